The Bertz CT molecular complexity index is 672. The van der Waals surface area contributed by atoms with Crippen LogP contribution in [-0.4, -0.2) is 38.1 Å². The lowest BCUT2D eigenvalue weighted by Crippen LogP contribution is -2.46. The van der Waals surface area contributed by atoms with E-state index in [9.17, 15) is 4.79 Å². The highest BCUT2D eigenvalue weighted by Gasteiger charge is 2.25. The molecule has 1 amide bonds. The largest absolute Gasteiger partial charge is 0.345 e. The summed E-state index contributed by atoms with van der Waals surface area (Å²) < 4.78 is 2.26. The third kappa shape index (κ3) is 4.19. The van der Waals surface area contributed by atoms with E-state index in [1.54, 1.807) is 12.4 Å². The van der Waals surface area contributed by atoms with E-state index in [-0.39, 0.29) is 30.2 Å². The van der Waals surface area contributed by atoms with Gasteiger partial charge in [0.25, 0.3) is 11.7 Å². The normalized spacial score (nSPS) is 16.8. The summed E-state index contributed by atoms with van der Waals surface area (Å²) in [6.07, 6.45) is 9.27. The second kappa shape index (κ2) is 8.03. The van der Waals surface area contributed by atoms with Gasteiger partial charge < -0.3 is 11.1 Å². The fourth-order valence-electron chi connectivity index (χ4n) is 2.99. The molecule has 3 rings (SSSR count). The van der Waals surface area contributed by atoms with Crippen molar-refractivity contribution in [2.45, 2.75) is 38.1 Å². The molecule has 9 heteroatoms. The molecule has 1 aliphatic carbocycles. The Morgan fingerprint density at radius 3 is 2.87 bits per heavy atom. The van der Waals surface area contributed by atoms with Crippen molar-refractivity contribution in [1.29, 1.82) is 0 Å². The maximum absolute atomic E-state index is 12.4. The number of aromatic nitrogens is 4. The van der Waals surface area contributed by atoms with Gasteiger partial charge in [-0.15, -0.1) is 17.5 Å². The summed E-state index contributed by atoms with van der Waals surface area (Å²) in [6, 6.07) is -0.0147. The first-order valence-corrected chi connectivity index (χ1v) is 8.35. The molecule has 0 aromatic carbocycles. The number of fused-ring (bicyclic) bond motifs is 1. The third-order valence-electron chi connectivity index (χ3n) is 4.15. The van der Waals surface area contributed by atoms with Crippen LogP contribution in [0.15, 0.2) is 16.9 Å². The monoisotopic (exact) mass is 402 g/mol. The van der Waals surface area contributed by atoms with Crippen LogP contribution in [0.3, 0.4) is 0 Å². The van der Waals surface area contributed by atoms with Gasteiger partial charge in [0.1, 0.15) is 0 Å². The molecule has 1 aliphatic rings. The van der Waals surface area contributed by atoms with E-state index < -0.39 is 0 Å². The van der Waals surface area contributed by atoms with Gasteiger partial charge in [-0.3, -0.25) is 4.79 Å². The molecular weight excluding hydrogens is 384 g/mol. The molecular formula is C14H20BrClN6O. The number of carbonyl (C=O) groups is 1. The lowest BCUT2D eigenvalue weighted by Gasteiger charge is -2.29. The fraction of sp³-hybridized carbons (Fsp3) is 0.571. The maximum atomic E-state index is 12.4. The van der Waals surface area contributed by atoms with Crippen LogP contribution in [0.2, 0.25) is 0 Å². The van der Waals surface area contributed by atoms with Crippen molar-refractivity contribution in [2.75, 3.05) is 6.54 Å². The lowest BCUT2D eigenvalue weighted by molar-refractivity contribution is 0.0905. The van der Waals surface area contributed by atoms with Crippen LogP contribution in [0.5, 0.6) is 0 Å². The molecule has 126 valence electrons. The third-order valence-corrected chi connectivity index (χ3v) is 4.56. The molecule has 2 aromatic heterocycles. The van der Waals surface area contributed by atoms with Gasteiger partial charge in [-0.25, -0.2) is 9.50 Å². The van der Waals surface area contributed by atoms with E-state index in [0.29, 0.717) is 18.2 Å². The molecule has 1 saturated carbocycles. The molecule has 0 bridgehead atoms. The van der Waals surface area contributed by atoms with Gasteiger partial charge in [-0.05, 0) is 34.7 Å². The predicted octanol–water partition coefficient (Wildman–Crippen LogP) is 1.95. The Morgan fingerprint density at radius 2 is 2.17 bits per heavy atom. The maximum Gasteiger partial charge on any atom is 0.291 e. The van der Waals surface area contributed by atoms with Crippen molar-refractivity contribution in [3.63, 3.8) is 0 Å². The summed E-state index contributed by atoms with van der Waals surface area (Å²) in [4.78, 5) is 20.6. The lowest BCUT2D eigenvalue weighted by atomic mass is 9.84. The van der Waals surface area contributed by atoms with Crippen molar-refractivity contribution < 1.29 is 4.79 Å². The highest BCUT2D eigenvalue weighted by Crippen LogP contribution is 2.26. The van der Waals surface area contributed by atoms with Gasteiger partial charge >= 0.3 is 0 Å². The molecule has 1 atom stereocenters. The molecule has 2 heterocycles. The summed E-state index contributed by atoms with van der Waals surface area (Å²) in [5.41, 5.74) is 5.85. The molecule has 2 aromatic rings. The molecule has 1 unspecified atom stereocenters. The smallest absolute Gasteiger partial charge is 0.291 e. The number of rotatable bonds is 4. The van der Waals surface area contributed by atoms with Crippen LogP contribution in [0.4, 0.5) is 0 Å². The number of hydrogen-bond acceptors (Lipinski definition) is 5. The number of carbonyl (C=O) groups excluding carboxylic acids is 1. The quantitative estimate of drug-likeness (QED) is 0.813. The number of nitrogens with zero attached hydrogens (tertiary/aromatic N) is 4. The topological polar surface area (TPSA) is 98.2 Å². The summed E-state index contributed by atoms with van der Waals surface area (Å²) >= 11 is 3.31. The minimum absolute atomic E-state index is 0. The first-order chi connectivity index (χ1) is 10.7. The average Bonchev–Trinajstić information content (AvgIpc) is 2.96. The Kier molecular flexibility index (Phi) is 6.32. The standard InChI is InChI=1S/C14H19BrN6O.ClH/c15-10-7-17-14-19-12(20-21(14)8-10)13(22)18-11(6-16)9-4-2-1-3-5-9;/h7-9,11H,1-6,16H2,(H,18,22);1H. The average molecular weight is 404 g/mol. The first kappa shape index (κ1) is 18.1. The van der Waals surface area contributed by atoms with E-state index >= 15 is 0 Å². The Balaban J connectivity index is 0.00000192. The molecule has 0 spiro atoms. The molecule has 1 fully saturated rings. The SMILES string of the molecule is Cl.NCC(NC(=O)c1nc2ncc(Br)cn2n1)C1CCCCC1. The molecule has 23 heavy (non-hydrogen) atoms. The van der Waals surface area contributed by atoms with Crippen molar-refractivity contribution in [3.05, 3.63) is 22.7 Å². The zero-order valence-electron chi connectivity index (χ0n) is 12.6. The predicted molar refractivity (Wildman–Crippen MR) is 92.6 cm³/mol. The minimum atomic E-state index is -0.289. The van der Waals surface area contributed by atoms with Crippen molar-refractivity contribution >= 4 is 40.0 Å². The van der Waals surface area contributed by atoms with E-state index in [2.05, 4.69) is 36.3 Å². The van der Waals surface area contributed by atoms with Gasteiger partial charge in [-0.2, -0.15) is 4.98 Å². The highest BCUT2D eigenvalue weighted by atomic mass is 79.9. The zero-order chi connectivity index (χ0) is 15.5. The Labute approximate surface area is 149 Å². The molecule has 0 saturated heterocycles. The van der Waals surface area contributed by atoms with Crippen LogP contribution >= 0.6 is 28.3 Å². The Morgan fingerprint density at radius 1 is 1.43 bits per heavy atom. The summed E-state index contributed by atoms with van der Waals surface area (Å²) in [5.74, 6) is 0.685. The van der Waals surface area contributed by atoms with Crippen LogP contribution in [0, 0.1) is 5.92 Å². The number of halogens is 2. The number of amides is 1. The van der Waals surface area contributed by atoms with Crippen molar-refractivity contribution in [3.8, 4) is 0 Å². The van der Waals surface area contributed by atoms with Crippen LogP contribution in [-0.2, 0) is 0 Å². The van der Waals surface area contributed by atoms with E-state index in [1.165, 1.54) is 23.8 Å². The van der Waals surface area contributed by atoms with Crippen LogP contribution in [0.25, 0.3) is 5.78 Å². The van der Waals surface area contributed by atoms with E-state index in [4.69, 9.17) is 5.73 Å². The van der Waals surface area contributed by atoms with Gasteiger partial charge in [0.2, 0.25) is 5.82 Å². The first-order valence-electron chi connectivity index (χ1n) is 7.56. The van der Waals surface area contributed by atoms with Crippen molar-refractivity contribution in [1.82, 2.24) is 24.9 Å². The van der Waals surface area contributed by atoms with Gasteiger partial charge in [0.15, 0.2) is 0 Å². The van der Waals surface area contributed by atoms with E-state index in [1.807, 2.05) is 0 Å². The van der Waals surface area contributed by atoms with Crippen molar-refractivity contribution in [2.24, 2.45) is 11.7 Å². The summed E-state index contributed by atoms with van der Waals surface area (Å²) in [6.45, 7) is 0.438. The second-order valence-electron chi connectivity index (χ2n) is 5.67. The van der Waals surface area contributed by atoms with Gasteiger partial charge in [0, 0.05) is 25.0 Å². The van der Waals surface area contributed by atoms with Gasteiger partial charge in [-0.1, -0.05) is 19.3 Å². The number of hydrogen-bond donors (Lipinski definition) is 2. The summed E-state index contributed by atoms with van der Waals surface area (Å²) in [7, 11) is 0. The van der Waals surface area contributed by atoms with Gasteiger partial charge in [0.05, 0.1) is 4.47 Å². The Hall–Kier alpha value is -1.25. The minimum Gasteiger partial charge on any atom is -0.345 e. The van der Waals surface area contributed by atoms with Crippen LogP contribution < -0.4 is 11.1 Å². The molecule has 0 aliphatic heterocycles. The number of nitrogens with two attached hydrogens (primary N) is 1. The fourth-order valence-corrected chi connectivity index (χ4v) is 3.29. The van der Waals surface area contributed by atoms with E-state index in [0.717, 1.165) is 17.3 Å². The second-order valence-corrected chi connectivity index (χ2v) is 6.58. The summed E-state index contributed by atoms with van der Waals surface area (Å²) in [5, 5.41) is 7.15. The molecule has 7 nitrogen and oxygen atoms in total. The highest BCUT2D eigenvalue weighted by molar-refractivity contribution is 9.10. The molecule has 0 radical (unpaired) electrons. The molecule has 3 N–H and O–H groups in total. The number of nitrogens with one attached hydrogen (secondary N) is 1. The zero-order valence-corrected chi connectivity index (χ0v) is 15.0. The van der Waals surface area contributed by atoms with Crippen LogP contribution in [0.1, 0.15) is 42.7 Å².